The smallest absolute Gasteiger partial charge is 0.166 e. The van der Waals surface area contributed by atoms with Crippen molar-refractivity contribution in [2.75, 3.05) is 11.5 Å². The summed E-state index contributed by atoms with van der Waals surface area (Å²) in [7, 11) is -2.83. The highest BCUT2D eigenvalue weighted by Crippen LogP contribution is 2.25. The molecule has 82 valence electrons. The third-order valence-electron chi connectivity index (χ3n) is 2.85. The fourth-order valence-corrected chi connectivity index (χ4v) is 3.46. The Morgan fingerprint density at radius 3 is 2.60 bits per heavy atom. The van der Waals surface area contributed by atoms with Gasteiger partial charge in [-0.25, -0.2) is 8.42 Å². The van der Waals surface area contributed by atoms with E-state index in [-0.39, 0.29) is 17.5 Å². The number of sulfone groups is 1. The Morgan fingerprint density at radius 2 is 2.00 bits per heavy atom. The van der Waals surface area contributed by atoms with Crippen LogP contribution in [0.4, 0.5) is 0 Å². The first-order valence-electron chi connectivity index (χ1n) is 4.95. The van der Waals surface area contributed by atoms with Crippen molar-refractivity contribution in [2.24, 2.45) is 0 Å². The van der Waals surface area contributed by atoms with Crippen molar-refractivity contribution in [1.29, 1.82) is 0 Å². The Morgan fingerprint density at radius 1 is 1.33 bits per heavy atom. The van der Waals surface area contributed by atoms with Gasteiger partial charge in [-0.2, -0.15) is 0 Å². The van der Waals surface area contributed by atoms with Crippen molar-refractivity contribution in [2.45, 2.75) is 18.9 Å². The van der Waals surface area contributed by atoms with Gasteiger partial charge < -0.3 is 4.57 Å². The van der Waals surface area contributed by atoms with E-state index in [0.29, 0.717) is 18.5 Å². The molecule has 1 aliphatic heterocycles. The van der Waals surface area contributed by atoms with Crippen LogP contribution < -0.4 is 0 Å². The van der Waals surface area contributed by atoms with E-state index in [2.05, 4.69) is 0 Å². The Labute approximate surface area is 88.8 Å². The lowest BCUT2D eigenvalue weighted by molar-refractivity contribution is 0.111. The molecule has 15 heavy (non-hydrogen) atoms. The van der Waals surface area contributed by atoms with Crippen LogP contribution in [0.25, 0.3) is 0 Å². The molecule has 2 heterocycles. The molecule has 1 aliphatic rings. The van der Waals surface area contributed by atoms with Crippen molar-refractivity contribution in [3.63, 3.8) is 0 Å². The van der Waals surface area contributed by atoms with Crippen LogP contribution in [0.2, 0.25) is 0 Å². The van der Waals surface area contributed by atoms with Crippen LogP contribution in [0.3, 0.4) is 0 Å². The van der Waals surface area contributed by atoms with Gasteiger partial charge in [-0.3, -0.25) is 4.79 Å². The lowest BCUT2D eigenvalue weighted by Gasteiger charge is -2.24. The maximum Gasteiger partial charge on any atom is 0.166 e. The second-order valence-electron chi connectivity index (χ2n) is 3.84. The quantitative estimate of drug-likeness (QED) is 0.710. The fourth-order valence-electron chi connectivity index (χ4n) is 1.99. The molecule has 5 heteroatoms. The van der Waals surface area contributed by atoms with E-state index in [1.165, 1.54) is 0 Å². The van der Waals surface area contributed by atoms with Crippen molar-refractivity contribution >= 4 is 16.1 Å². The summed E-state index contributed by atoms with van der Waals surface area (Å²) in [6.07, 6.45) is 3.87. The normalized spacial score (nSPS) is 21.3. The van der Waals surface area contributed by atoms with E-state index in [9.17, 15) is 13.2 Å². The first-order chi connectivity index (χ1) is 7.12. The minimum Gasteiger partial charge on any atom is -0.342 e. The van der Waals surface area contributed by atoms with E-state index in [0.717, 1.165) is 6.29 Å². The molecule has 1 saturated heterocycles. The number of nitrogens with zero attached hydrogens (tertiary/aromatic N) is 1. The zero-order chi connectivity index (χ0) is 10.9. The second-order valence-corrected chi connectivity index (χ2v) is 6.14. The Balaban J connectivity index is 2.17. The number of hydrogen-bond acceptors (Lipinski definition) is 3. The summed E-state index contributed by atoms with van der Waals surface area (Å²) >= 11 is 0. The van der Waals surface area contributed by atoms with Gasteiger partial charge >= 0.3 is 0 Å². The van der Waals surface area contributed by atoms with Crippen LogP contribution in [0, 0.1) is 0 Å². The zero-order valence-electron chi connectivity index (χ0n) is 8.30. The number of hydrogen-bond donors (Lipinski definition) is 0. The van der Waals surface area contributed by atoms with Gasteiger partial charge in [-0.1, -0.05) is 0 Å². The van der Waals surface area contributed by atoms with Gasteiger partial charge in [0.2, 0.25) is 0 Å². The number of carbonyl (C=O) groups excluding carboxylic acids is 1. The Bertz CT molecular complexity index is 447. The van der Waals surface area contributed by atoms with Gasteiger partial charge in [-0.05, 0) is 25.0 Å². The molecule has 0 amide bonds. The number of rotatable bonds is 2. The van der Waals surface area contributed by atoms with E-state index >= 15 is 0 Å². The molecule has 0 aromatic carbocycles. The molecular weight excluding hydrogens is 214 g/mol. The highest BCUT2D eigenvalue weighted by Gasteiger charge is 2.25. The molecule has 0 aliphatic carbocycles. The van der Waals surface area contributed by atoms with E-state index in [4.69, 9.17) is 0 Å². The summed E-state index contributed by atoms with van der Waals surface area (Å²) in [6, 6.07) is 3.71. The maximum absolute atomic E-state index is 11.2. The predicted molar refractivity (Wildman–Crippen MR) is 56.7 cm³/mol. The molecule has 0 unspecified atom stereocenters. The summed E-state index contributed by atoms with van der Waals surface area (Å²) in [5.41, 5.74) is 0.624. The average Bonchev–Trinajstić information content (AvgIpc) is 2.65. The summed E-state index contributed by atoms with van der Waals surface area (Å²) in [5.74, 6) is 0.461. The van der Waals surface area contributed by atoms with Gasteiger partial charge in [0.1, 0.15) is 9.84 Å². The molecule has 0 N–H and O–H groups in total. The minimum atomic E-state index is -2.83. The van der Waals surface area contributed by atoms with Crippen LogP contribution in [0.15, 0.2) is 18.3 Å². The van der Waals surface area contributed by atoms with Crippen LogP contribution >= 0.6 is 0 Å². The van der Waals surface area contributed by atoms with Crippen molar-refractivity contribution < 1.29 is 13.2 Å². The highest BCUT2D eigenvalue weighted by atomic mass is 32.2. The van der Waals surface area contributed by atoms with Crippen LogP contribution in [0.5, 0.6) is 0 Å². The van der Waals surface area contributed by atoms with Gasteiger partial charge in [0.15, 0.2) is 6.29 Å². The molecule has 0 radical (unpaired) electrons. The molecule has 1 fully saturated rings. The molecule has 0 saturated carbocycles. The van der Waals surface area contributed by atoms with E-state index < -0.39 is 9.84 Å². The van der Waals surface area contributed by atoms with Gasteiger partial charge in [0, 0.05) is 12.2 Å². The lowest BCUT2D eigenvalue weighted by atomic mass is 10.1. The topological polar surface area (TPSA) is 56.1 Å². The average molecular weight is 227 g/mol. The fraction of sp³-hybridized carbons (Fsp3) is 0.500. The highest BCUT2D eigenvalue weighted by molar-refractivity contribution is 7.91. The van der Waals surface area contributed by atoms with Crippen molar-refractivity contribution in [3.8, 4) is 0 Å². The molecule has 1 aromatic rings. The Hall–Kier alpha value is -1.10. The molecule has 2 rings (SSSR count). The molecule has 0 atom stereocenters. The molecule has 0 bridgehead atoms. The summed E-state index contributed by atoms with van der Waals surface area (Å²) in [5, 5.41) is 0. The van der Waals surface area contributed by atoms with Crippen LogP contribution in [-0.4, -0.2) is 30.8 Å². The third-order valence-corrected chi connectivity index (χ3v) is 4.57. The monoisotopic (exact) mass is 227 g/mol. The van der Waals surface area contributed by atoms with E-state index in [1.54, 1.807) is 6.07 Å². The summed E-state index contributed by atoms with van der Waals surface area (Å²) in [4.78, 5) is 10.7. The SMILES string of the molecule is O=Cc1cccn1C1CCS(=O)(=O)CC1. The number of aromatic nitrogens is 1. The Kier molecular flexibility index (Phi) is 2.65. The van der Waals surface area contributed by atoms with Crippen LogP contribution in [0.1, 0.15) is 29.4 Å². The molecular formula is C10H13NO3S. The maximum atomic E-state index is 11.2. The van der Waals surface area contributed by atoms with Gasteiger partial charge in [0.25, 0.3) is 0 Å². The first-order valence-corrected chi connectivity index (χ1v) is 6.77. The zero-order valence-corrected chi connectivity index (χ0v) is 9.11. The molecule has 4 nitrogen and oxygen atoms in total. The molecule has 1 aromatic heterocycles. The van der Waals surface area contributed by atoms with Crippen LogP contribution in [-0.2, 0) is 9.84 Å². The first kappa shape index (κ1) is 10.4. The molecule has 0 spiro atoms. The number of aldehydes is 1. The number of carbonyl (C=O) groups is 1. The summed E-state index contributed by atoms with van der Waals surface area (Å²) in [6.45, 7) is 0. The van der Waals surface area contributed by atoms with Crippen molar-refractivity contribution in [1.82, 2.24) is 4.57 Å². The third kappa shape index (κ3) is 2.12. The standard InChI is InChI=1S/C10H13NO3S/c12-8-10-2-1-5-11(10)9-3-6-15(13,14)7-4-9/h1-2,5,8-9H,3-4,6-7H2. The largest absolute Gasteiger partial charge is 0.342 e. The summed E-state index contributed by atoms with van der Waals surface area (Å²) < 4.78 is 24.4. The second kappa shape index (κ2) is 3.81. The minimum absolute atomic E-state index is 0.156. The van der Waals surface area contributed by atoms with E-state index in [1.807, 2.05) is 16.8 Å². The van der Waals surface area contributed by atoms with Crippen molar-refractivity contribution in [3.05, 3.63) is 24.0 Å². The lowest BCUT2D eigenvalue weighted by Crippen LogP contribution is -2.25. The predicted octanol–water partition coefficient (Wildman–Crippen LogP) is 1.05. The van der Waals surface area contributed by atoms with Gasteiger partial charge in [-0.15, -0.1) is 0 Å². The van der Waals surface area contributed by atoms with Gasteiger partial charge in [0.05, 0.1) is 17.2 Å².